The third-order valence-corrected chi connectivity index (χ3v) is 7.53. The molecule has 0 saturated heterocycles. The Balaban J connectivity index is 1.62. The summed E-state index contributed by atoms with van der Waals surface area (Å²) in [6.07, 6.45) is 9.03. The number of esters is 1. The van der Waals surface area contributed by atoms with E-state index in [0.717, 1.165) is 32.1 Å². The molecular weight excluding hydrogens is 392 g/mol. The van der Waals surface area contributed by atoms with Gasteiger partial charge < -0.3 is 4.74 Å². The van der Waals surface area contributed by atoms with Crippen molar-refractivity contribution in [2.24, 2.45) is 5.92 Å². The van der Waals surface area contributed by atoms with E-state index >= 15 is 0 Å². The molecule has 0 unspecified atom stereocenters. The van der Waals surface area contributed by atoms with Gasteiger partial charge in [-0.2, -0.15) is 0 Å². The summed E-state index contributed by atoms with van der Waals surface area (Å²) in [5.74, 6) is 0.328. The summed E-state index contributed by atoms with van der Waals surface area (Å²) in [6.45, 7) is 0. The number of fused-ring (bicyclic) bond motifs is 3. The van der Waals surface area contributed by atoms with Crippen molar-refractivity contribution in [3.8, 4) is 0 Å². The molecule has 0 aliphatic heterocycles. The molecule has 32 heavy (non-hydrogen) atoms. The fraction of sp³-hybridized carbons (Fsp3) is 0.300. The van der Waals surface area contributed by atoms with Crippen LogP contribution in [0.5, 0.6) is 0 Å². The molecule has 0 bridgehead atoms. The highest BCUT2D eigenvalue weighted by molar-refractivity contribution is 5.89. The standard InChI is InChI=1S/C30H30O2/c1-32-29(31)26-15-16-28-25(19-26)13-8-14-27-20-24(23-11-6-3-7-12-23)17-18-30(27,28)21-22-9-4-2-5-10-22/h2-7,9-12,15-17,19,27H,8,13-14,18,20-21H2,1H3/t27-,30-/m0/s1. The van der Waals surface area contributed by atoms with Crippen LogP contribution in [-0.2, 0) is 23.0 Å². The van der Waals surface area contributed by atoms with Crippen LogP contribution in [0.4, 0.5) is 0 Å². The minimum Gasteiger partial charge on any atom is -0.465 e. The van der Waals surface area contributed by atoms with Crippen molar-refractivity contribution < 1.29 is 9.53 Å². The van der Waals surface area contributed by atoms with E-state index < -0.39 is 0 Å². The number of carbonyl (C=O) groups excluding carboxylic acids is 1. The molecule has 0 heterocycles. The van der Waals surface area contributed by atoms with Gasteiger partial charge in [0.15, 0.2) is 0 Å². The lowest BCUT2D eigenvalue weighted by Crippen LogP contribution is -2.39. The van der Waals surface area contributed by atoms with E-state index in [2.05, 4.69) is 78.9 Å². The van der Waals surface area contributed by atoms with Crippen LogP contribution in [0.15, 0.2) is 84.9 Å². The van der Waals surface area contributed by atoms with Crippen molar-refractivity contribution in [2.75, 3.05) is 7.11 Å². The number of hydrogen-bond donors (Lipinski definition) is 0. The Morgan fingerprint density at radius 2 is 1.75 bits per heavy atom. The van der Waals surface area contributed by atoms with Gasteiger partial charge in [-0.15, -0.1) is 0 Å². The predicted octanol–water partition coefficient (Wildman–Crippen LogP) is 6.78. The summed E-state index contributed by atoms with van der Waals surface area (Å²) in [6, 6.07) is 28.0. The highest BCUT2D eigenvalue weighted by atomic mass is 16.5. The van der Waals surface area contributed by atoms with E-state index in [1.54, 1.807) is 0 Å². The van der Waals surface area contributed by atoms with Crippen molar-refractivity contribution in [2.45, 2.75) is 43.9 Å². The number of aryl methyl sites for hydroxylation is 1. The lowest BCUT2D eigenvalue weighted by molar-refractivity contribution is 0.0600. The number of ether oxygens (including phenoxy) is 1. The number of carbonyl (C=O) groups is 1. The van der Waals surface area contributed by atoms with Gasteiger partial charge in [0, 0.05) is 5.41 Å². The Labute approximate surface area is 190 Å². The van der Waals surface area contributed by atoms with Gasteiger partial charge in [0.2, 0.25) is 0 Å². The molecule has 0 radical (unpaired) electrons. The van der Waals surface area contributed by atoms with Gasteiger partial charge in [-0.1, -0.05) is 72.8 Å². The Morgan fingerprint density at radius 3 is 2.50 bits per heavy atom. The van der Waals surface area contributed by atoms with Crippen molar-refractivity contribution >= 4 is 11.5 Å². The lowest BCUT2D eigenvalue weighted by Gasteiger charge is -2.44. The summed E-state index contributed by atoms with van der Waals surface area (Å²) in [5, 5.41) is 0. The quantitative estimate of drug-likeness (QED) is 0.433. The second-order valence-corrected chi connectivity index (χ2v) is 9.27. The second kappa shape index (κ2) is 8.78. The van der Waals surface area contributed by atoms with Gasteiger partial charge in [0.05, 0.1) is 12.7 Å². The van der Waals surface area contributed by atoms with Crippen LogP contribution in [0, 0.1) is 5.92 Å². The van der Waals surface area contributed by atoms with Gasteiger partial charge in [0.25, 0.3) is 0 Å². The molecule has 3 aromatic rings. The van der Waals surface area contributed by atoms with Gasteiger partial charge in [-0.05, 0) is 84.4 Å². The molecule has 0 spiro atoms. The number of allylic oxidation sites excluding steroid dienone is 2. The topological polar surface area (TPSA) is 26.3 Å². The summed E-state index contributed by atoms with van der Waals surface area (Å²) < 4.78 is 5.00. The van der Waals surface area contributed by atoms with E-state index in [9.17, 15) is 4.79 Å². The summed E-state index contributed by atoms with van der Waals surface area (Å²) in [7, 11) is 1.46. The number of hydrogen-bond acceptors (Lipinski definition) is 2. The molecule has 0 aromatic heterocycles. The molecule has 0 fully saturated rings. The van der Waals surface area contributed by atoms with Crippen molar-refractivity contribution in [3.63, 3.8) is 0 Å². The molecular formula is C30H30O2. The van der Waals surface area contributed by atoms with E-state index in [1.807, 2.05) is 6.07 Å². The number of benzene rings is 3. The lowest BCUT2D eigenvalue weighted by atomic mass is 9.59. The maximum Gasteiger partial charge on any atom is 0.337 e. The maximum absolute atomic E-state index is 12.2. The molecule has 5 rings (SSSR count). The summed E-state index contributed by atoms with van der Waals surface area (Å²) >= 11 is 0. The van der Waals surface area contributed by atoms with Crippen molar-refractivity contribution in [1.82, 2.24) is 0 Å². The average Bonchev–Trinajstić information content (AvgIpc) is 3.00. The first kappa shape index (κ1) is 20.8. The zero-order valence-corrected chi connectivity index (χ0v) is 18.7. The Kier molecular flexibility index (Phi) is 5.70. The van der Waals surface area contributed by atoms with Gasteiger partial charge >= 0.3 is 5.97 Å². The van der Waals surface area contributed by atoms with Crippen LogP contribution in [0.25, 0.3) is 5.57 Å². The molecule has 0 saturated carbocycles. The highest BCUT2D eigenvalue weighted by Crippen LogP contribution is 2.52. The van der Waals surface area contributed by atoms with Gasteiger partial charge in [-0.25, -0.2) is 4.79 Å². The van der Waals surface area contributed by atoms with Gasteiger partial charge in [-0.3, -0.25) is 0 Å². The first-order valence-corrected chi connectivity index (χ1v) is 11.7. The number of methoxy groups -OCH3 is 1. The third-order valence-electron chi connectivity index (χ3n) is 7.53. The molecule has 2 aliphatic carbocycles. The first-order valence-electron chi connectivity index (χ1n) is 11.7. The van der Waals surface area contributed by atoms with E-state index in [1.165, 1.54) is 41.4 Å². The normalized spacial score (nSPS) is 22.2. The molecule has 0 N–H and O–H groups in total. The zero-order valence-electron chi connectivity index (χ0n) is 18.7. The maximum atomic E-state index is 12.2. The number of rotatable bonds is 4. The molecule has 3 aromatic carbocycles. The minimum absolute atomic E-state index is 0.0557. The van der Waals surface area contributed by atoms with E-state index in [-0.39, 0.29) is 11.4 Å². The van der Waals surface area contributed by atoms with Crippen LogP contribution in [0.2, 0.25) is 0 Å². The predicted molar refractivity (Wildman–Crippen MR) is 130 cm³/mol. The van der Waals surface area contributed by atoms with Crippen LogP contribution >= 0.6 is 0 Å². The SMILES string of the molecule is COC(=O)c1ccc2c(c1)CCC[C@H]1CC(c3ccccc3)=CC[C@@]21Cc1ccccc1. The van der Waals surface area contributed by atoms with Crippen LogP contribution < -0.4 is 0 Å². The summed E-state index contributed by atoms with van der Waals surface area (Å²) in [5.41, 5.74) is 7.69. The van der Waals surface area contributed by atoms with E-state index in [0.29, 0.717) is 11.5 Å². The molecule has 2 atom stereocenters. The van der Waals surface area contributed by atoms with Crippen LogP contribution in [0.3, 0.4) is 0 Å². The average molecular weight is 423 g/mol. The fourth-order valence-corrected chi connectivity index (χ4v) is 5.95. The van der Waals surface area contributed by atoms with Crippen molar-refractivity contribution in [3.05, 3.63) is 113 Å². The molecule has 2 aliphatic rings. The second-order valence-electron chi connectivity index (χ2n) is 9.27. The molecule has 2 nitrogen and oxygen atoms in total. The third kappa shape index (κ3) is 3.79. The largest absolute Gasteiger partial charge is 0.465 e. The molecule has 0 amide bonds. The Hall–Kier alpha value is -3.13. The van der Waals surface area contributed by atoms with Crippen LogP contribution in [-0.4, -0.2) is 13.1 Å². The Bertz CT molecular complexity index is 1130. The molecule has 2 heteroatoms. The smallest absolute Gasteiger partial charge is 0.337 e. The first-order chi connectivity index (χ1) is 15.7. The Morgan fingerprint density at radius 1 is 1.00 bits per heavy atom. The van der Waals surface area contributed by atoms with Crippen molar-refractivity contribution in [1.29, 1.82) is 0 Å². The van der Waals surface area contributed by atoms with E-state index in [4.69, 9.17) is 4.74 Å². The highest BCUT2D eigenvalue weighted by Gasteiger charge is 2.44. The van der Waals surface area contributed by atoms with Crippen LogP contribution in [0.1, 0.15) is 58.3 Å². The minimum atomic E-state index is -0.249. The van der Waals surface area contributed by atoms with Gasteiger partial charge in [0.1, 0.15) is 0 Å². The zero-order chi connectivity index (χ0) is 22.0. The fourth-order valence-electron chi connectivity index (χ4n) is 5.95. The summed E-state index contributed by atoms with van der Waals surface area (Å²) in [4.78, 5) is 12.2. The monoisotopic (exact) mass is 422 g/mol. The molecule has 162 valence electrons.